The molecule has 0 fully saturated rings. The van der Waals surface area contributed by atoms with Crippen LogP contribution in [0, 0.1) is 0 Å². The number of anilines is 1. The minimum absolute atomic E-state index is 0.240. The molecule has 2 heterocycles. The number of hydrogen-bond acceptors (Lipinski definition) is 4. The number of ether oxygens (including phenoxy) is 2. The van der Waals surface area contributed by atoms with Gasteiger partial charge >= 0.3 is 0 Å². The van der Waals surface area contributed by atoms with Crippen LogP contribution in [-0.2, 0) is 18.4 Å². The van der Waals surface area contributed by atoms with Crippen LogP contribution < -0.4 is 10.5 Å². The van der Waals surface area contributed by atoms with Crippen LogP contribution >= 0.6 is 11.6 Å². The number of halogens is 1. The van der Waals surface area contributed by atoms with Gasteiger partial charge in [-0.3, -0.25) is 4.68 Å². The van der Waals surface area contributed by atoms with E-state index < -0.39 is 0 Å². The summed E-state index contributed by atoms with van der Waals surface area (Å²) in [6, 6.07) is 5.46. The van der Waals surface area contributed by atoms with Gasteiger partial charge in [0.05, 0.1) is 12.3 Å². The Morgan fingerprint density at radius 2 is 2.22 bits per heavy atom. The summed E-state index contributed by atoms with van der Waals surface area (Å²) in [5, 5.41) is 4.97. The summed E-state index contributed by atoms with van der Waals surface area (Å²) in [5.74, 6) is 1.36. The minimum atomic E-state index is 0.240. The second-order valence-corrected chi connectivity index (χ2v) is 4.57. The molecule has 94 valence electrons. The van der Waals surface area contributed by atoms with Crippen molar-refractivity contribution < 1.29 is 9.47 Å². The van der Waals surface area contributed by atoms with E-state index in [0.29, 0.717) is 17.4 Å². The zero-order valence-electron chi connectivity index (χ0n) is 9.81. The summed E-state index contributed by atoms with van der Waals surface area (Å²) in [5.41, 5.74) is 8.30. The number of nitrogen functional groups attached to an aromatic ring is 1. The number of rotatable bonds is 1. The predicted octanol–water partition coefficient (Wildman–Crippen LogP) is 2.19. The summed E-state index contributed by atoms with van der Waals surface area (Å²) < 4.78 is 12.4. The molecule has 5 nitrogen and oxygen atoms in total. The number of nitrogens with zero attached hydrogens (tertiary/aromatic N) is 2. The molecule has 2 N–H and O–H groups in total. The quantitative estimate of drug-likeness (QED) is 0.859. The molecule has 1 aromatic carbocycles. The van der Waals surface area contributed by atoms with Crippen molar-refractivity contribution in [3.8, 4) is 17.0 Å². The van der Waals surface area contributed by atoms with Gasteiger partial charge in [-0.05, 0) is 12.1 Å². The standard InChI is InChI=1S/C12H12ClN3O2/c1-16-11(14)4-10(15-16)9-3-8(13)2-7-5-17-6-18-12(7)9/h2-4H,5-6,14H2,1H3. The van der Waals surface area contributed by atoms with E-state index in [1.807, 2.05) is 12.1 Å². The number of fused-ring (bicyclic) bond motifs is 1. The summed E-state index contributed by atoms with van der Waals surface area (Å²) in [7, 11) is 1.79. The third-order valence-electron chi connectivity index (χ3n) is 2.87. The molecule has 0 aliphatic carbocycles. The van der Waals surface area contributed by atoms with Crippen LogP contribution in [0.4, 0.5) is 5.82 Å². The average molecular weight is 266 g/mol. The molecule has 3 rings (SSSR count). The Kier molecular flexibility index (Phi) is 2.65. The molecular weight excluding hydrogens is 254 g/mol. The highest BCUT2D eigenvalue weighted by Gasteiger charge is 2.19. The van der Waals surface area contributed by atoms with E-state index in [1.165, 1.54) is 0 Å². The van der Waals surface area contributed by atoms with Crippen LogP contribution in [0.5, 0.6) is 5.75 Å². The maximum absolute atomic E-state index is 6.10. The summed E-state index contributed by atoms with van der Waals surface area (Å²) >= 11 is 6.10. The fourth-order valence-electron chi connectivity index (χ4n) is 1.98. The van der Waals surface area contributed by atoms with Gasteiger partial charge in [-0.15, -0.1) is 0 Å². The molecule has 1 aliphatic rings. The van der Waals surface area contributed by atoms with Gasteiger partial charge in [0, 0.05) is 29.3 Å². The van der Waals surface area contributed by atoms with E-state index in [4.69, 9.17) is 26.8 Å². The van der Waals surface area contributed by atoms with E-state index in [1.54, 1.807) is 17.8 Å². The third-order valence-corrected chi connectivity index (χ3v) is 3.08. The van der Waals surface area contributed by atoms with Crippen LogP contribution in [0.2, 0.25) is 5.02 Å². The van der Waals surface area contributed by atoms with Gasteiger partial charge in [-0.1, -0.05) is 11.6 Å². The largest absolute Gasteiger partial charge is 0.466 e. The van der Waals surface area contributed by atoms with Gasteiger partial charge < -0.3 is 15.2 Å². The van der Waals surface area contributed by atoms with Crippen molar-refractivity contribution >= 4 is 17.4 Å². The summed E-state index contributed by atoms with van der Waals surface area (Å²) in [6.45, 7) is 0.731. The molecule has 0 atom stereocenters. The highest BCUT2D eigenvalue weighted by molar-refractivity contribution is 6.31. The SMILES string of the molecule is Cn1nc(-c2cc(Cl)cc3c2OCOC3)cc1N. The van der Waals surface area contributed by atoms with E-state index in [-0.39, 0.29) is 6.79 Å². The lowest BCUT2D eigenvalue weighted by atomic mass is 10.1. The zero-order valence-corrected chi connectivity index (χ0v) is 10.6. The molecule has 0 spiro atoms. The lowest BCUT2D eigenvalue weighted by molar-refractivity contribution is -0.0159. The van der Waals surface area contributed by atoms with Gasteiger partial charge in [0.15, 0.2) is 6.79 Å². The van der Waals surface area contributed by atoms with E-state index in [0.717, 1.165) is 22.6 Å². The van der Waals surface area contributed by atoms with Crippen molar-refractivity contribution in [3.05, 3.63) is 28.8 Å². The van der Waals surface area contributed by atoms with Crippen LogP contribution in [0.25, 0.3) is 11.3 Å². The molecular formula is C12H12ClN3O2. The van der Waals surface area contributed by atoms with Crippen molar-refractivity contribution in [2.75, 3.05) is 12.5 Å². The number of nitrogens with two attached hydrogens (primary N) is 1. The topological polar surface area (TPSA) is 62.3 Å². The Bertz CT molecular complexity index is 590. The van der Waals surface area contributed by atoms with E-state index in [9.17, 15) is 0 Å². The molecule has 0 unspecified atom stereocenters. The normalized spacial score (nSPS) is 14.1. The fourth-order valence-corrected chi connectivity index (χ4v) is 2.22. The number of aryl methyl sites for hydroxylation is 1. The first kappa shape index (κ1) is 11.4. The van der Waals surface area contributed by atoms with Crippen LogP contribution in [0.1, 0.15) is 5.56 Å². The van der Waals surface area contributed by atoms with Crippen molar-refractivity contribution in [1.82, 2.24) is 9.78 Å². The van der Waals surface area contributed by atoms with Crippen LogP contribution in [0.3, 0.4) is 0 Å². The van der Waals surface area contributed by atoms with Gasteiger partial charge in [-0.2, -0.15) is 5.10 Å². The van der Waals surface area contributed by atoms with E-state index >= 15 is 0 Å². The highest BCUT2D eigenvalue weighted by Crippen LogP contribution is 2.38. The highest BCUT2D eigenvalue weighted by atomic mass is 35.5. The summed E-state index contributed by atoms with van der Waals surface area (Å²) in [4.78, 5) is 0. The van der Waals surface area contributed by atoms with Crippen molar-refractivity contribution in [3.63, 3.8) is 0 Å². The lowest BCUT2D eigenvalue weighted by Gasteiger charge is -2.20. The Hall–Kier alpha value is -1.72. The first-order valence-corrected chi connectivity index (χ1v) is 5.86. The third kappa shape index (κ3) is 1.81. The van der Waals surface area contributed by atoms with Crippen molar-refractivity contribution in [1.29, 1.82) is 0 Å². The van der Waals surface area contributed by atoms with Crippen LogP contribution in [-0.4, -0.2) is 16.6 Å². The molecule has 2 aromatic rings. The maximum Gasteiger partial charge on any atom is 0.189 e. The smallest absolute Gasteiger partial charge is 0.189 e. The molecule has 0 radical (unpaired) electrons. The maximum atomic E-state index is 6.10. The zero-order chi connectivity index (χ0) is 12.7. The number of aromatic nitrogens is 2. The fraction of sp³-hybridized carbons (Fsp3) is 0.250. The molecule has 0 saturated heterocycles. The molecule has 1 aromatic heterocycles. The Morgan fingerprint density at radius 3 is 2.94 bits per heavy atom. The van der Waals surface area contributed by atoms with Gasteiger partial charge in [0.2, 0.25) is 0 Å². The molecule has 0 bridgehead atoms. The predicted molar refractivity (Wildman–Crippen MR) is 68.4 cm³/mol. The molecule has 1 aliphatic heterocycles. The molecule has 18 heavy (non-hydrogen) atoms. The monoisotopic (exact) mass is 265 g/mol. The minimum Gasteiger partial charge on any atom is -0.466 e. The Labute approximate surface area is 109 Å². The van der Waals surface area contributed by atoms with Gasteiger partial charge in [-0.25, -0.2) is 0 Å². The van der Waals surface area contributed by atoms with Crippen LogP contribution in [0.15, 0.2) is 18.2 Å². The van der Waals surface area contributed by atoms with E-state index in [2.05, 4.69) is 5.10 Å². The molecule has 6 heteroatoms. The first-order valence-electron chi connectivity index (χ1n) is 5.48. The number of benzene rings is 1. The lowest BCUT2D eigenvalue weighted by Crippen LogP contribution is -2.12. The van der Waals surface area contributed by atoms with Crippen molar-refractivity contribution in [2.45, 2.75) is 6.61 Å². The Morgan fingerprint density at radius 1 is 1.39 bits per heavy atom. The average Bonchev–Trinajstić information content (AvgIpc) is 2.68. The van der Waals surface area contributed by atoms with Gasteiger partial charge in [0.25, 0.3) is 0 Å². The van der Waals surface area contributed by atoms with Gasteiger partial charge in [0.1, 0.15) is 11.6 Å². The number of hydrogen-bond donors (Lipinski definition) is 1. The molecule has 0 amide bonds. The summed E-state index contributed by atoms with van der Waals surface area (Å²) in [6.07, 6.45) is 0. The molecule has 0 saturated carbocycles. The Balaban J connectivity index is 2.19. The first-order chi connectivity index (χ1) is 8.65. The second kappa shape index (κ2) is 4.19. The van der Waals surface area contributed by atoms with Crippen molar-refractivity contribution in [2.24, 2.45) is 7.05 Å². The second-order valence-electron chi connectivity index (χ2n) is 4.13.